The van der Waals surface area contributed by atoms with Crippen LogP contribution in [0.15, 0.2) is 29.2 Å². The van der Waals surface area contributed by atoms with Crippen molar-refractivity contribution in [2.24, 2.45) is 0 Å². The van der Waals surface area contributed by atoms with E-state index in [4.69, 9.17) is 5.11 Å². The van der Waals surface area contributed by atoms with Crippen molar-refractivity contribution in [1.82, 2.24) is 5.32 Å². The van der Waals surface area contributed by atoms with Crippen LogP contribution in [0, 0.1) is 0 Å². The summed E-state index contributed by atoms with van der Waals surface area (Å²) in [5.74, 6) is 0. The molecular formula is C13H21NOS. The van der Waals surface area contributed by atoms with Crippen molar-refractivity contribution >= 4 is 11.8 Å². The van der Waals surface area contributed by atoms with Gasteiger partial charge in [-0.3, -0.25) is 0 Å². The van der Waals surface area contributed by atoms with E-state index in [-0.39, 0.29) is 11.9 Å². The summed E-state index contributed by atoms with van der Waals surface area (Å²) in [4.78, 5) is 1.22. The van der Waals surface area contributed by atoms with Gasteiger partial charge < -0.3 is 10.4 Å². The summed E-state index contributed by atoms with van der Waals surface area (Å²) in [7, 11) is 0. The van der Waals surface area contributed by atoms with Crippen LogP contribution in [0.5, 0.6) is 0 Å². The summed E-state index contributed by atoms with van der Waals surface area (Å²) in [6.45, 7) is 6.43. The van der Waals surface area contributed by atoms with E-state index in [1.165, 1.54) is 16.9 Å². The lowest BCUT2D eigenvalue weighted by Gasteiger charge is -2.08. The van der Waals surface area contributed by atoms with Crippen LogP contribution in [-0.4, -0.2) is 23.5 Å². The molecule has 0 bridgehead atoms. The molecule has 0 fully saturated rings. The minimum absolute atomic E-state index is 0.227. The van der Waals surface area contributed by atoms with E-state index in [1.807, 2.05) is 6.92 Å². The van der Waals surface area contributed by atoms with Gasteiger partial charge in [-0.2, -0.15) is 0 Å². The third-order valence-corrected chi connectivity index (χ3v) is 3.37. The molecule has 2 nitrogen and oxygen atoms in total. The predicted octanol–water partition coefficient (Wildman–Crippen LogP) is 2.66. The number of nitrogens with one attached hydrogen (secondary N) is 1. The third-order valence-electron chi connectivity index (χ3n) is 2.27. The molecule has 0 saturated carbocycles. The molecule has 1 aromatic rings. The lowest BCUT2D eigenvalue weighted by molar-refractivity contribution is 0.300. The highest BCUT2D eigenvalue weighted by Crippen LogP contribution is 2.22. The van der Waals surface area contributed by atoms with Crippen LogP contribution in [0.3, 0.4) is 0 Å². The van der Waals surface area contributed by atoms with Crippen molar-refractivity contribution < 1.29 is 5.11 Å². The second kappa shape index (κ2) is 7.71. The Morgan fingerprint density at radius 1 is 1.31 bits per heavy atom. The summed E-state index contributed by atoms with van der Waals surface area (Å²) in [6, 6.07) is 8.55. The van der Waals surface area contributed by atoms with Crippen molar-refractivity contribution in [2.45, 2.75) is 37.0 Å². The first kappa shape index (κ1) is 13.6. The fourth-order valence-corrected chi connectivity index (χ4v) is 2.20. The fraction of sp³-hybridized carbons (Fsp3) is 0.538. The molecule has 1 atom stereocenters. The highest BCUT2D eigenvalue weighted by atomic mass is 32.2. The molecule has 0 aliphatic heterocycles. The van der Waals surface area contributed by atoms with Gasteiger partial charge in [0.05, 0.1) is 6.61 Å². The molecule has 0 aliphatic rings. The van der Waals surface area contributed by atoms with Gasteiger partial charge in [-0.1, -0.05) is 26.0 Å². The van der Waals surface area contributed by atoms with Gasteiger partial charge >= 0.3 is 0 Å². The summed E-state index contributed by atoms with van der Waals surface area (Å²) >= 11 is 1.71. The average molecular weight is 239 g/mol. The summed E-state index contributed by atoms with van der Waals surface area (Å²) in [5, 5.41) is 12.6. The Morgan fingerprint density at radius 2 is 2.00 bits per heavy atom. The minimum atomic E-state index is 0.227. The second-order valence-corrected chi connectivity index (χ2v) is 5.44. The van der Waals surface area contributed by atoms with E-state index in [9.17, 15) is 0 Å². The highest BCUT2D eigenvalue weighted by molar-refractivity contribution is 8.00. The maximum Gasteiger partial charge on any atom is 0.0550 e. The molecule has 1 aromatic carbocycles. The van der Waals surface area contributed by atoms with Gasteiger partial charge in [-0.25, -0.2) is 0 Å². The molecule has 0 saturated heterocycles. The molecule has 0 spiro atoms. The molecule has 0 aromatic heterocycles. The maximum atomic E-state index is 8.96. The van der Waals surface area contributed by atoms with Gasteiger partial charge in [0, 0.05) is 16.7 Å². The SMILES string of the molecule is CCCNCc1ccc(SC(C)CO)cc1. The van der Waals surface area contributed by atoms with Crippen LogP contribution in [-0.2, 0) is 6.54 Å². The topological polar surface area (TPSA) is 32.3 Å². The van der Waals surface area contributed by atoms with Crippen molar-refractivity contribution in [1.29, 1.82) is 0 Å². The molecule has 0 heterocycles. The Bertz CT molecular complexity index is 286. The molecular weight excluding hydrogens is 218 g/mol. The van der Waals surface area contributed by atoms with Gasteiger partial charge in [-0.15, -0.1) is 11.8 Å². The molecule has 0 amide bonds. The molecule has 0 aliphatic carbocycles. The van der Waals surface area contributed by atoms with Gasteiger partial charge in [0.2, 0.25) is 0 Å². The Balaban J connectivity index is 2.41. The molecule has 16 heavy (non-hydrogen) atoms. The monoisotopic (exact) mass is 239 g/mol. The van der Waals surface area contributed by atoms with Crippen LogP contribution in [0.4, 0.5) is 0 Å². The van der Waals surface area contributed by atoms with Crippen molar-refractivity contribution in [2.75, 3.05) is 13.2 Å². The Labute approximate surface area is 102 Å². The van der Waals surface area contributed by atoms with E-state index in [2.05, 4.69) is 36.5 Å². The van der Waals surface area contributed by atoms with E-state index in [1.54, 1.807) is 11.8 Å². The standard InChI is InChI=1S/C13H21NOS/c1-3-8-14-9-12-4-6-13(7-5-12)16-11(2)10-15/h4-7,11,14-15H,3,8-10H2,1-2H3. The first-order valence-corrected chi connectivity index (χ1v) is 6.71. The molecule has 1 rings (SSSR count). The normalized spacial score (nSPS) is 12.7. The minimum Gasteiger partial charge on any atom is -0.395 e. The zero-order valence-corrected chi connectivity index (χ0v) is 10.9. The van der Waals surface area contributed by atoms with E-state index >= 15 is 0 Å². The average Bonchev–Trinajstić information content (AvgIpc) is 2.31. The quantitative estimate of drug-likeness (QED) is 0.567. The van der Waals surface area contributed by atoms with Crippen molar-refractivity contribution in [3.05, 3.63) is 29.8 Å². The van der Waals surface area contributed by atoms with Crippen molar-refractivity contribution in [3.63, 3.8) is 0 Å². The number of aliphatic hydroxyl groups excluding tert-OH is 1. The number of hydrogen-bond acceptors (Lipinski definition) is 3. The summed E-state index contributed by atoms with van der Waals surface area (Å²) < 4.78 is 0. The largest absolute Gasteiger partial charge is 0.395 e. The van der Waals surface area contributed by atoms with Crippen LogP contribution < -0.4 is 5.32 Å². The molecule has 0 radical (unpaired) electrons. The van der Waals surface area contributed by atoms with Crippen LogP contribution in [0.25, 0.3) is 0 Å². The van der Waals surface area contributed by atoms with E-state index in [0.29, 0.717) is 0 Å². The predicted molar refractivity (Wildman–Crippen MR) is 70.8 cm³/mol. The third kappa shape index (κ3) is 5.01. The first-order chi connectivity index (χ1) is 7.76. The van der Waals surface area contributed by atoms with Crippen molar-refractivity contribution in [3.8, 4) is 0 Å². The van der Waals surface area contributed by atoms with E-state index < -0.39 is 0 Å². The van der Waals surface area contributed by atoms with Gasteiger partial charge in [0.25, 0.3) is 0 Å². The van der Waals surface area contributed by atoms with Crippen LogP contribution in [0.2, 0.25) is 0 Å². The Hall–Kier alpha value is -0.510. The first-order valence-electron chi connectivity index (χ1n) is 5.83. The van der Waals surface area contributed by atoms with Gasteiger partial charge in [0.1, 0.15) is 0 Å². The Kier molecular flexibility index (Phi) is 6.53. The number of benzene rings is 1. The zero-order chi connectivity index (χ0) is 11.8. The summed E-state index contributed by atoms with van der Waals surface area (Å²) in [5.41, 5.74) is 1.31. The second-order valence-electron chi connectivity index (χ2n) is 3.93. The van der Waals surface area contributed by atoms with Gasteiger partial charge in [0.15, 0.2) is 0 Å². The number of hydrogen-bond donors (Lipinski definition) is 2. The molecule has 1 unspecified atom stereocenters. The number of rotatable bonds is 7. The zero-order valence-electron chi connectivity index (χ0n) is 10.1. The van der Waals surface area contributed by atoms with Crippen LogP contribution >= 0.6 is 11.8 Å². The maximum absolute atomic E-state index is 8.96. The Morgan fingerprint density at radius 3 is 2.56 bits per heavy atom. The number of aliphatic hydroxyl groups is 1. The van der Waals surface area contributed by atoms with Crippen LogP contribution in [0.1, 0.15) is 25.8 Å². The highest BCUT2D eigenvalue weighted by Gasteiger charge is 2.02. The summed E-state index contributed by atoms with van der Waals surface area (Å²) in [6.07, 6.45) is 1.17. The molecule has 2 N–H and O–H groups in total. The molecule has 90 valence electrons. The number of thioether (sulfide) groups is 1. The lowest BCUT2D eigenvalue weighted by atomic mass is 10.2. The molecule has 3 heteroatoms. The smallest absolute Gasteiger partial charge is 0.0550 e. The fourth-order valence-electron chi connectivity index (χ4n) is 1.36. The lowest BCUT2D eigenvalue weighted by Crippen LogP contribution is -2.13. The van der Waals surface area contributed by atoms with Gasteiger partial charge in [-0.05, 0) is 30.7 Å². The van der Waals surface area contributed by atoms with E-state index in [0.717, 1.165) is 13.1 Å².